The standard InChI is InChI=1S/C42H55N5O6/c1-8-51-40(52-9-2)29(3)38(35-21-15-19-32-18-13-14-20-34(32)35)45-39(49)36(26-30-22-24-33(25-23-30)53-42(4,5)6)44-37(48)28-47(7)46-41(50)43-27-31-16-11-10-12-17-31/h10-25,29,36,38,40H,8-9,26-28H2,1-7H3,(H,44,48)(H,45,49)(H2,43,46,50)/t29-,36?,38-/m0/s1. The monoisotopic (exact) mass is 725 g/mol. The first-order chi connectivity index (χ1) is 25.4. The zero-order valence-electron chi connectivity index (χ0n) is 32.0. The summed E-state index contributed by atoms with van der Waals surface area (Å²) in [4.78, 5) is 40.5. The number of likely N-dealkylation sites (N-methyl/N-ethyl adjacent to an activating group) is 1. The number of nitrogens with one attached hydrogen (secondary N) is 4. The van der Waals surface area contributed by atoms with Crippen LogP contribution in [-0.4, -0.2) is 67.6 Å². The maximum absolute atomic E-state index is 14.5. The second-order valence-corrected chi connectivity index (χ2v) is 14.0. The molecular weight excluding hydrogens is 670 g/mol. The summed E-state index contributed by atoms with van der Waals surface area (Å²) in [7, 11) is 1.59. The average molecular weight is 726 g/mol. The van der Waals surface area contributed by atoms with Crippen LogP contribution in [0.2, 0.25) is 0 Å². The molecule has 0 aromatic heterocycles. The summed E-state index contributed by atoms with van der Waals surface area (Å²) in [5.74, 6) is -0.423. The Morgan fingerprint density at radius 2 is 1.42 bits per heavy atom. The van der Waals surface area contributed by atoms with Crippen LogP contribution >= 0.6 is 0 Å². The molecule has 0 aliphatic heterocycles. The van der Waals surface area contributed by atoms with Crippen molar-refractivity contribution in [2.75, 3.05) is 26.8 Å². The van der Waals surface area contributed by atoms with Crippen molar-refractivity contribution in [1.29, 1.82) is 0 Å². The molecule has 4 rings (SSSR count). The van der Waals surface area contributed by atoms with Gasteiger partial charge in [-0.15, -0.1) is 0 Å². The van der Waals surface area contributed by atoms with E-state index in [4.69, 9.17) is 14.2 Å². The van der Waals surface area contributed by atoms with Crippen molar-refractivity contribution < 1.29 is 28.6 Å². The number of urea groups is 1. The van der Waals surface area contributed by atoms with E-state index in [1.54, 1.807) is 7.05 Å². The topological polar surface area (TPSA) is 130 Å². The molecule has 4 aromatic carbocycles. The molecule has 0 aliphatic rings. The van der Waals surface area contributed by atoms with Crippen LogP contribution in [-0.2, 0) is 32.0 Å². The molecule has 11 nitrogen and oxygen atoms in total. The molecule has 53 heavy (non-hydrogen) atoms. The molecule has 0 aliphatic carbocycles. The largest absolute Gasteiger partial charge is 0.488 e. The number of rotatable bonds is 18. The summed E-state index contributed by atoms with van der Waals surface area (Å²) in [5, 5.41) is 12.4. The van der Waals surface area contributed by atoms with Crippen molar-refractivity contribution in [3.8, 4) is 5.75 Å². The first kappa shape index (κ1) is 40.8. The number of nitrogens with zero attached hydrogens (tertiary/aromatic N) is 1. The molecule has 11 heteroatoms. The average Bonchev–Trinajstić information content (AvgIpc) is 3.12. The van der Waals surface area contributed by atoms with Gasteiger partial charge in [-0.1, -0.05) is 91.9 Å². The van der Waals surface area contributed by atoms with Crippen molar-refractivity contribution in [3.05, 3.63) is 114 Å². The van der Waals surface area contributed by atoms with E-state index in [-0.39, 0.29) is 30.4 Å². The van der Waals surface area contributed by atoms with E-state index in [2.05, 4.69) is 21.4 Å². The molecule has 4 aromatic rings. The van der Waals surface area contributed by atoms with Gasteiger partial charge in [-0.2, -0.15) is 0 Å². The lowest BCUT2D eigenvalue weighted by atomic mass is 9.89. The van der Waals surface area contributed by atoms with E-state index in [0.717, 1.165) is 27.5 Å². The third kappa shape index (κ3) is 12.9. The van der Waals surface area contributed by atoms with Crippen molar-refractivity contribution in [2.24, 2.45) is 5.92 Å². The Morgan fingerprint density at radius 3 is 2.08 bits per heavy atom. The van der Waals surface area contributed by atoms with Crippen molar-refractivity contribution in [2.45, 2.75) is 78.5 Å². The molecule has 0 bridgehead atoms. The van der Waals surface area contributed by atoms with Crippen molar-refractivity contribution in [3.63, 3.8) is 0 Å². The van der Waals surface area contributed by atoms with Gasteiger partial charge in [0, 0.05) is 39.1 Å². The van der Waals surface area contributed by atoms with Gasteiger partial charge in [-0.05, 0) is 74.2 Å². The lowest BCUT2D eigenvalue weighted by molar-refractivity contribution is -0.170. The summed E-state index contributed by atoms with van der Waals surface area (Å²) in [6.45, 7) is 12.8. The molecule has 1 unspecified atom stereocenters. The van der Waals surface area contributed by atoms with Gasteiger partial charge in [0.15, 0.2) is 6.29 Å². The van der Waals surface area contributed by atoms with Crippen molar-refractivity contribution >= 4 is 28.6 Å². The zero-order chi connectivity index (χ0) is 38.4. The van der Waals surface area contributed by atoms with Gasteiger partial charge >= 0.3 is 6.03 Å². The second-order valence-electron chi connectivity index (χ2n) is 14.0. The number of carbonyl (C=O) groups is 3. The molecule has 4 amide bonds. The normalized spacial score (nSPS) is 13.3. The third-order valence-corrected chi connectivity index (χ3v) is 8.48. The van der Waals surface area contributed by atoms with Crippen LogP contribution < -0.4 is 26.1 Å². The second kappa shape index (κ2) is 19.8. The van der Waals surface area contributed by atoms with E-state index in [0.29, 0.717) is 25.5 Å². The molecule has 0 saturated carbocycles. The van der Waals surface area contributed by atoms with Gasteiger partial charge in [-0.3, -0.25) is 15.0 Å². The Balaban J connectivity index is 1.57. The SMILES string of the molecule is CCOC(OCC)[C@@H](C)[C@H](NC(=O)C(Cc1ccc(OC(C)(C)C)cc1)NC(=O)CN(C)NC(=O)NCc1ccccc1)c1cccc2ccccc12. The highest BCUT2D eigenvalue weighted by Gasteiger charge is 2.33. The minimum Gasteiger partial charge on any atom is -0.488 e. The Hall–Kier alpha value is -4.97. The Morgan fingerprint density at radius 1 is 0.774 bits per heavy atom. The highest BCUT2D eigenvalue weighted by molar-refractivity contribution is 5.90. The van der Waals surface area contributed by atoms with Gasteiger partial charge in [0.2, 0.25) is 11.8 Å². The smallest absolute Gasteiger partial charge is 0.329 e. The predicted molar refractivity (Wildman–Crippen MR) is 208 cm³/mol. The molecule has 0 heterocycles. The maximum Gasteiger partial charge on any atom is 0.329 e. The summed E-state index contributed by atoms with van der Waals surface area (Å²) in [6, 6.07) is 29.1. The van der Waals surface area contributed by atoms with Gasteiger partial charge in [-0.25, -0.2) is 9.80 Å². The highest BCUT2D eigenvalue weighted by Crippen LogP contribution is 2.32. The Kier molecular flexibility index (Phi) is 15.2. The van der Waals surface area contributed by atoms with Crippen LogP contribution in [0.15, 0.2) is 97.1 Å². The number of hydrogen-bond acceptors (Lipinski definition) is 7. The Bertz CT molecular complexity index is 1750. The Labute approximate surface area is 313 Å². The molecule has 3 atom stereocenters. The van der Waals surface area contributed by atoms with E-state index in [1.807, 2.05) is 139 Å². The van der Waals surface area contributed by atoms with E-state index in [1.165, 1.54) is 5.01 Å². The minimum atomic E-state index is -0.959. The number of amides is 4. The highest BCUT2D eigenvalue weighted by atomic mass is 16.7. The molecule has 0 radical (unpaired) electrons. The molecular formula is C42H55N5O6. The molecule has 284 valence electrons. The van der Waals surface area contributed by atoms with Gasteiger partial charge in [0.25, 0.3) is 0 Å². The zero-order valence-corrected chi connectivity index (χ0v) is 32.0. The fraction of sp³-hybridized carbons (Fsp3) is 0.405. The summed E-state index contributed by atoms with van der Waals surface area (Å²) < 4.78 is 18.0. The van der Waals surface area contributed by atoms with Crippen LogP contribution in [0, 0.1) is 5.92 Å². The van der Waals surface area contributed by atoms with E-state index in [9.17, 15) is 14.4 Å². The first-order valence-electron chi connectivity index (χ1n) is 18.2. The van der Waals surface area contributed by atoms with Crippen LogP contribution in [0.1, 0.15) is 64.3 Å². The lowest BCUT2D eigenvalue weighted by Gasteiger charge is -2.33. The van der Waals surface area contributed by atoms with Gasteiger partial charge in [0.1, 0.15) is 17.4 Å². The molecule has 4 N–H and O–H groups in total. The number of carbonyl (C=O) groups excluding carboxylic acids is 3. The van der Waals surface area contributed by atoms with Gasteiger partial charge in [0.05, 0.1) is 12.6 Å². The lowest BCUT2D eigenvalue weighted by Crippen LogP contribution is -2.54. The number of benzene rings is 4. The molecule has 0 saturated heterocycles. The van der Waals surface area contributed by atoms with E-state index >= 15 is 0 Å². The fourth-order valence-corrected chi connectivity index (χ4v) is 6.08. The number of fused-ring (bicyclic) bond motifs is 1. The fourth-order valence-electron chi connectivity index (χ4n) is 6.08. The number of ether oxygens (including phenoxy) is 3. The predicted octanol–water partition coefficient (Wildman–Crippen LogP) is 6.28. The summed E-state index contributed by atoms with van der Waals surface area (Å²) in [5.41, 5.74) is 4.97. The van der Waals surface area contributed by atoms with Crippen LogP contribution in [0.5, 0.6) is 5.75 Å². The third-order valence-electron chi connectivity index (χ3n) is 8.48. The summed E-state index contributed by atoms with van der Waals surface area (Å²) >= 11 is 0. The quantitative estimate of drug-likeness (QED) is 0.0702. The molecule has 0 fully saturated rings. The van der Waals surface area contributed by atoms with Crippen molar-refractivity contribution in [1.82, 2.24) is 26.4 Å². The molecule has 0 spiro atoms. The maximum atomic E-state index is 14.5. The van der Waals surface area contributed by atoms with Gasteiger partial charge < -0.3 is 30.2 Å². The van der Waals surface area contributed by atoms with Crippen LogP contribution in [0.4, 0.5) is 4.79 Å². The van der Waals surface area contributed by atoms with Crippen LogP contribution in [0.3, 0.4) is 0 Å². The summed E-state index contributed by atoms with van der Waals surface area (Å²) in [6.07, 6.45) is -0.385. The minimum absolute atomic E-state index is 0.194. The number of hydrazine groups is 1. The van der Waals surface area contributed by atoms with E-state index < -0.39 is 30.3 Å². The van der Waals surface area contributed by atoms with Crippen LogP contribution in [0.25, 0.3) is 10.8 Å². The number of hydrogen-bond donors (Lipinski definition) is 4. The first-order valence-corrected chi connectivity index (χ1v) is 18.2.